The van der Waals surface area contributed by atoms with E-state index in [-0.39, 0.29) is 17.3 Å². The zero-order valence-corrected chi connectivity index (χ0v) is 11.1. The summed E-state index contributed by atoms with van der Waals surface area (Å²) >= 11 is 0. The number of carbonyl (C=O) groups is 1. The average Bonchev–Trinajstić information content (AvgIpc) is 2.26. The molecule has 0 aliphatic heterocycles. The Morgan fingerprint density at radius 1 is 1.53 bits per heavy atom. The minimum atomic E-state index is -1.24. The number of anilines is 1. The number of nitrogens with zero attached hydrogens (tertiary/aromatic N) is 3. The number of pyridine rings is 1. The van der Waals surface area contributed by atoms with Gasteiger partial charge in [-0.3, -0.25) is 15.0 Å². The summed E-state index contributed by atoms with van der Waals surface area (Å²) in [4.78, 5) is 26.2. The predicted molar refractivity (Wildman–Crippen MR) is 67.7 cm³/mol. The van der Waals surface area contributed by atoms with Crippen molar-refractivity contribution < 1.29 is 19.6 Å². The monoisotopic (exact) mass is 269 g/mol. The fourth-order valence-corrected chi connectivity index (χ4v) is 1.60. The van der Waals surface area contributed by atoms with Gasteiger partial charge in [0.1, 0.15) is 11.9 Å². The van der Waals surface area contributed by atoms with E-state index < -0.39 is 16.6 Å². The van der Waals surface area contributed by atoms with Gasteiger partial charge in [0.2, 0.25) is 5.88 Å². The zero-order valence-electron chi connectivity index (χ0n) is 11.1. The van der Waals surface area contributed by atoms with Crippen LogP contribution in [0.25, 0.3) is 0 Å². The van der Waals surface area contributed by atoms with Crippen LogP contribution in [0.1, 0.15) is 20.8 Å². The Balaban J connectivity index is 3.47. The second-order valence-electron chi connectivity index (χ2n) is 4.77. The molecule has 1 N–H and O–H groups in total. The van der Waals surface area contributed by atoms with Crippen molar-refractivity contribution in [2.24, 2.45) is 0 Å². The highest BCUT2D eigenvalue weighted by molar-refractivity contribution is 5.89. The highest BCUT2D eigenvalue weighted by atomic mass is 16.6. The summed E-state index contributed by atoms with van der Waals surface area (Å²) in [6.07, 6.45) is -0.224. The van der Waals surface area contributed by atoms with E-state index in [1.165, 1.54) is 7.11 Å². The molecule has 1 aromatic rings. The maximum atomic E-state index is 11.4. The van der Waals surface area contributed by atoms with E-state index >= 15 is 0 Å². The van der Waals surface area contributed by atoms with E-state index in [2.05, 4.69) is 4.98 Å². The molecular formula is C11H15N3O5. The Morgan fingerprint density at radius 3 is 2.47 bits per heavy atom. The van der Waals surface area contributed by atoms with Crippen LogP contribution in [0.3, 0.4) is 0 Å². The molecule has 104 valence electrons. The highest BCUT2D eigenvalue weighted by Crippen LogP contribution is 2.34. The SMILES string of the molecule is COc1ncc([N+](=O)[O-])cc1N(C(=O)O)C(C)(C)C. The third-order valence-electron chi connectivity index (χ3n) is 2.32. The average molecular weight is 269 g/mol. The molecule has 0 radical (unpaired) electrons. The lowest BCUT2D eigenvalue weighted by atomic mass is 10.1. The lowest BCUT2D eigenvalue weighted by molar-refractivity contribution is -0.385. The first-order valence-electron chi connectivity index (χ1n) is 5.40. The lowest BCUT2D eigenvalue weighted by Gasteiger charge is -2.33. The molecule has 8 heteroatoms. The first-order chi connectivity index (χ1) is 8.68. The van der Waals surface area contributed by atoms with E-state index in [9.17, 15) is 20.0 Å². The highest BCUT2D eigenvalue weighted by Gasteiger charge is 2.32. The number of nitro groups is 1. The molecule has 1 heterocycles. The van der Waals surface area contributed by atoms with Gasteiger partial charge < -0.3 is 9.84 Å². The fraction of sp³-hybridized carbons (Fsp3) is 0.455. The molecule has 19 heavy (non-hydrogen) atoms. The summed E-state index contributed by atoms with van der Waals surface area (Å²) < 4.78 is 4.97. The molecule has 1 amide bonds. The summed E-state index contributed by atoms with van der Waals surface area (Å²) in [5, 5.41) is 20.0. The molecule has 0 aliphatic rings. The van der Waals surface area contributed by atoms with Crippen molar-refractivity contribution in [3.05, 3.63) is 22.4 Å². The largest absolute Gasteiger partial charge is 0.480 e. The van der Waals surface area contributed by atoms with Gasteiger partial charge in [-0.1, -0.05) is 0 Å². The van der Waals surface area contributed by atoms with Gasteiger partial charge in [-0.15, -0.1) is 0 Å². The van der Waals surface area contributed by atoms with Crippen LogP contribution in [0, 0.1) is 10.1 Å². The topological polar surface area (TPSA) is 106 Å². The van der Waals surface area contributed by atoms with E-state index in [0.717, 1.165) is 17.2 Å². The van der Waals surface area contributed by atoms with Crippen LogP contribution < -0.4 is 9.64 Å². The summed E-state index contributed by atoms with van der Waals surface area (Å²) in [5.41, 5.74) is -1.06. The lowest BCUT2D eigenvalue weighted by Crippen LogP contribution is -2.45. The van der Waals surface area contributed by atoms with Gasteiger partial charge in [0.15, 0.2) is 0 Å². The number of amides is 1. The van der Waals surface area contributed by atoms with Crippen molar-refractivity contribution in [1.82, 2.24) is 4.98 Å². The molecule has 0 aromatic carbocycles. The molecule has 0 saturated heterocycles. The van der Waals surface area contributed by atoms with Crippen molar-refractivity contribution in [2.45, 2.75) is 26.3 Å². The van der Waals surface area contributed by atoms with E-state index in [4.69, 9.17) is 4.74 Å². The standard InChI is InChI=1S/C11H15N3O5/c1-11(2,3)13(10(15)16)8-5-7(14(17)18)6-12-9(8)19-4/h5-6H,1-4H3,(H,15,16). The summed E-state index contributed by atoms with van der Waals surface area (Å²) in [6.45, 7) is 5.00. The number of carboxylic acid groups (broad SMARTS) is 1. The number of rotatable bonds is 3. The van der Waals surface area contributed by atoms with Crippen LogP contribution in [0.5, 0.6) is 5.88 Å². The molecule has 0 spiro atoms. The minimum absolute atomic E-state index is 0.0166. The van der Waals surface area contributed by atoms with Crippen LogP contribution in [0.2, 0.25) is 0 Å². The molecule has 0 atom stereocenters. The van der Waals surface area contributed by atoms with Crippen LogP contribution in [0.15, 0.2) is 12.3 Å². The number of methoxy groups -OCH3 is 1. The van der Waals surface area contributed by atoms with Crippen LogP contribution >= 0.6 is 0 Å². The maximum Gasteiger partial charge on any atom is 0.412 e. The second-order valence-corrected chi connectivity index (χ2v) is 4.77. The first kappa shape index (κ1) is 14.7. The molecule has 8 nitrogen and oxygen atoms in total. The molecular weight excluding hydrogens is 254 g/mol. The van der Waals surface area contributed by atoms with Crippen molar-refractivity contribution >= 4 is 17.5 Å². The van der Waals surface area contributed by atoms with Gasteiger partial charge in [-0.05, 0) is 20.8 Å². The van der Waals surface area contributed by atoms with E-state index in [0.29, 0.717) is 0 Å². The molecule has 0 saturated carbocycles. The first-order valence-corrected chi connectivity index (χ1v) is 5.40. The fourth-order valence-electron chi connectivity index (χ4n) is 1.60. The van der Waals surface area contributed by atoms with Crippen LogP contribution in [-0.2, 0) is 0 Å². The summed E-state index contributed by atoms with van der Waals surface area (Å²) in [7, 11) is 1.32. The second kappa shape index (κ2) is 5.09. The number of ether oxygens (including phenoxy) is 1. The smallest absolute Gasteiger partial charge is 0.412 e. The Hall–Kier alpha value is -2.38. The van der Waals surface area contributed by atoms with Gasteiger partial charge >= 0.3 is 6.09 Å². The molecule has 0 fully saturated rings. The third-order valence-corrected chi connectivity index (χ3v) is 2.32. The van der Waals surface area contributed by atoms with Gasteiger partial charge in [0, 0.05) is 11.6 Å². The Morgan fingerprint density at radius 2 is 2.11 bits per heavy atom. The Kier molecular flexibility index (Phi) is 3.93. The summed E-state index contributed by atoms with van der Waals surface area (Å²) in [5.74, 6) is 0.0166. The minimum Gasteiger partial charge on any atom is -0.480 e. The normalized spacial score (nSPS) is 10.9. The van der Waals surface area contributed by atoms with E-state index in [1.54, 1.807) is 20.8 Å². The number of hydrogen-bond donors (Lipinski definition) is 1. The van der Waals surface area contributed by atoms with Crippen LogP contribution in [0.4, 0.5) is 16.2 Å². The van der Waals surface area contributed by atoms with Crippen molar-refractivity contribution in [3.63, 3.8) is 0 Å². The predicted octanol–water partition coefficient (Wildman–Crippen LogP) is 2.28. The summed E-state index contributed by atoms with van der Waals surface area (Å²) in [6, 6.07) is 1.13. The Labute approximate surface area is 109 Å². The van der Waals surface area contributed by atoms with Gasteiger partial charge in [0.25, 0.3) is 5.69 Å². The van der Waals surface area contributed by atoms with Gasteiger partial charge in [0.05, 0.1) is 12.0 Å². The molecule has 1 rings (SSSR count). The van der Waals surface area contributed by atoms with Crippen molar-refractivity contribution in [1.29, 1.82) is 0 Å². The number of hydrogen-bond acceptors (Lipinski definition) is 5. The van der Waals surface area contributed by atoms with Gasteiger partial charge in [-0.25, -0.2) is 9.78 Å². The molecule has 0 bridgehead atoms. The quantitative estimate of drug-likeness (QED) is 0.666. The van der Waals surface area contributed by atoms with Crippen LogP contribution in [-0.4, -0.2) is 33.8 Å². The van der Waals surface area contributed by atoms with Crippen molar-refractivity contribution in [3.8, 4) is 5.88 Å². The zero-order chi connectivity index (χ0) is 14.8. The number of aromatic nitrogens is 1. The van der Waals surface area contributed by atoms with Gasteiger partial charge in [-0.2, -0.15) is 0 Å². The third kappa shape index (κ3) is 3.09. The molecule has 1 aromatic heterocycles. The molecule has 0 aliphatic carbocycles. The molecule has 0 unspecified atom stereocenters. The maximum absolute atomic E-state index is 11.4. The van der Waals surface area contributed by atoms with E-state index in [1.807, 2.05) is 0 Å². The Bertz CT molecular complexity index is 510. The van der Waals surface area contributed by atoms with Crippen molar-refractivity contribution in [2.75, 3.05) is 12.0 Å².